The second-order valence-electron chi connectivity index (χ2n) is 8.97. The molecule has 0 spiro atoms. The van der Waals surface area contributed by atoms with Gasteiger partial charge < -0.3 is 0 Å². The molecule has 0 amide bonds. The minimum Gasteiger partial charge on any atom is -0.204 e. The van der Waals surface area contributed by atoms with Gasteiger partial charge in [-0.3, -0.25) is 0 Å². The fourth-order valence-corrected chi connectivity index (χ4v) is 5.39. The van der Waals surface area contributed by atoms with Gasteiger partial charge in [0.1, 0.15) is 0 Å². The van der Waals surface area contributed by atoms with E-state index in [1.807, 2.05) is 0 Å². The minimum absolute atomic E-state index is 0.406. The Morgan fingerprint density at radius 3 is 2.24 bits per heavy atom. The van der Waals surface area contributed by atoms with Crippen molar-refractivity contribution in [2.75, 3.05) is 0 Å². The van der Waals surface area contributed by atoms with E-state index in [1.165, 1.54) is 55.7 Å². The van der Waals surface area contributed by atoms with Gasteiger partial charge in [0.05, 0.1) is 0 Å². The normalized spacial score (nSPS) is 24.6. The second-order valence-corrected chi connectivity index (χ2v) is 8.97. The second kappa shape index (κ2) is 9.24. The van der Waals surface area contributed by atoms with Crippen LogP contribution in [0.4, 0.5) is 8.78 Å². The third-order valence-corrected chi connectivity index (χ3v) is 7.21. The number of rotatable bonds is 5. The van der Waals surface area contributed by atoms with E-state index in [1.54, 1.807) is 6.07 Å². The van der Waals surface area contributed by atoms with Gasteiger partial charge in [0.15, 0.2) is 11.6 Å². The van der Waals surface area contributed by atoms with Crippen molar-refractivity contribution in [3.63, 3.8) is 0 Å². The van der Waals surface area contributed by atoms with Crippen molar-refractivity contribution < 1.29 is 8.78 Å². The van der Waals surface area contributed by atoms with E-state index in [-0.39, 0.29) is 0 Å². The van der Waals surface area contributed by atoms with Gasteiger partial charge in [0.25, 0.3) is 0 Å². The van der Waals surface area contributed by atoms with Crippen LogP contribution in [0, 0.1) is 17.6 Å². The van der Waals surface area contributed by atoms with E-state index < -0.39 is 11.6 Å². The highest BCUT2D eigenvalue weighted by Gasteiger charge is 2.25. The molecule has 2 aromatic carbocycles. The maximum Gasteiger partial charge on any atom is 0.162 e. The van der Waals surface area contributed by atoms with Gasteiger partial charge in [-0.15, -0.1) is 0 Å². The topological polar surface area (TPSA) is 0 Å². The first-order valence-corrected chi connectivity index (χ1v) is 11.3. The lowest BCUT2D eigenvalue weighted by atomic mass is 9.76. The molecule has 2 aliphatic rings. The van der Waals surface area contributed by atoms with Crippen molar-refractivity contribution in [3.05, 3.63) is 82.4 Å². The molecule has 29 heavy (non-hydrogen) atoms. The number of fused-ring (bicyclic) bond motifs is 1. The van der Waals surface area contributed by atoms with Gasteiger partial charge in [-0.25, -0.2) is 8.78 Å². The summed E-state index contributed by atoms with van der Waals surface area (Å²) in [6.07, 6.45) is 14.7. The molecule has 0 aromatic heterocycles. The molecule has 0 nitrogen and oxygen atoms in total. The smallest absolute Gasteiger partial charge is 0.162 e. The lowest BCUT2D eigenvalue weighted by Gasteiger charge is -2.29. The summed E-state index contributed by atoms with van der Waals surface area (Å²) in [6.45, 7) is 2.10. The fourth-order valence-electron chi connectivity index (χ4n) is 5.39. The van der Waals surface area contributed by atoms with Crippen molar-refractivity contribution in [2.45, 2.75) is 76.5 Å². The van der Waals surface area contributed by atoms with Gasteiger partial charge in [-0.2, -0.15) is 0 Å². The van der Waals surface area contributed by atoms with E-state index >= 15 is 0 Å². The average Bonchev–Trinajstić information content (AvgIpc) is 2.77. The molecule has 2 aliphatic carbocycles. The van der Waals surface area contributed by atoms with E-state index in [0.717, 1.165) is 24.3 Å². The van der Waals surface area contributed by atoms with Crippen LogP contribution in [0.3, 0.4) is 0 Å². The third kappa shape index (κ3) is 4.63. The van der Waals surface area contributed by atoms with Crippen molar-refractivity contribution in [1.29, 1.82) is 0 Å². The maximum atomic E-state index is 14.0. The van der Waals surface area contributed by atoms with Gasteiger partial charge >= 0.3 is 0 Å². The monoisotopic (exact) mass is 394 g/mol. The fraction of sp³-hybridized carbons (Fsp3) is 0.481. The van der Waals surface area contributed by atoms with Crippen molar-refractivity contribution >= 4 is 0 Å². The van der Waals surface area contributed by atoms with Gasteiger partial charge in [-0.05, 0) is 111 Å². The molecule has 0 N–H and O–H groups in total. The summed E-state index contributed by atoms with van der Waals surface area (Å²) in [5.41, 5.74) is 4.37. The lowest BCUT2D eigenvalue weighted by Crippen LogP contribution is -2.15. The lowest BCUT2D eigenvalue weighted by molar-refractivity contribution is 0.312. The predicted octanol–water partition coefficient (Wildman–Crippen LogP) is 7.87. The molecule has 2 aromatic rings. The third-order valence-electron chi connectivity index (χ3n) is 7.21. The van der Waals surface area contributed by atoms with E-state index in [2.05, 4.69) is 43.3 Å². The Morgan fingerprint density at radius 1 is 0.862 bits per heavy atom. The standard InChI is InChI=1S/C27H32F2/c1-2-3-4-5-19-6-8-20(9-7-19)21-10-12-22(13-11-21)23-14-16-25-24(18-23)15-17-26(28)27(25)29/h2-3,10-13,15,17,19-20,23H,4-9,14,16,18H2,1H3/b3-2+. The van der Waals surface area contributed by atoms with Crippen molar-refractivity contribution in [3.8, 4) is 0 Å². The molecule has 0 radical (unpaired) electrons. The van der Waals surface area contributed by atoms with E-state index in [4.69, 9.17) is 0 Å². The van der Waals surface area contributed by atoms with Gasteiger partial charge in [0, 0.05) is 0 Å². The van der Waals surface area contributed by atoms with E-state index in [0.29, 0.717) is 23.8 Å². The number of hydrogen-bond donors (Lipinski definition) is 0. The summed E-state index contributed by atoms with van der Waals surface area (Å²) in [6, 6.07) is 12.2. The Kier molecular flexibility index (Phi) is 6.47. The van der Waals surface area contributed by atoms with Crippen molar-refractivity contribution in [2.24, 2.45) is 5.92 Å². The van der Waals surface area contributed by atoms with Gasteiger partial charge in [0.2, 0.25) is 0 Å². The quantitative estimate of drug-likeness (QED) is 0.453. The number of hydrogen-bond acceptors (Lipinski definition) is 0. The maximum absolute atomic E-state index is 14.0. The molecule has 4 rings (SSSR count). The van der Waals surface area contributed by atoms with Crippen LogP contribution in [0.1, 0.15) is 86.0 Å². The predicted molar refractivity (Wildman–Crippen MR) is 116 cm³/mol. The zero-order chi connectivity index (χ0) is 20.2. The molecule has 0 aliphatic heterocycles. The summed E-state index contributed by atoms with van der Waals surface area (Å²) in [5, 5.41) is 0. The molecule has 1 atom stereocenters. The Labute approximate surface area is 174 Å². The molecule has 154 valence electrons. The highest BCUT2D eigenvalue weighted by atomic mass is 19.2. The van der Waals surface area contributed by atoms with Crippen LogP contribution in [0.25, 0.3) is 0 Å². The Morgan fingerprint density at radius 2 is 1.55 bits per heavy atom. The minimum atomic E-state index is -0.719. The molecule has 1 saturated carbocycles. The molecule has 0 saturated heterocycles. The summed E-state index contributed by atoms with van der Waals surface area (Å²) in [4.78, 5) is 0. The zero-order valence-electron chi connectivity index (χ0n) is 17.5. The summed E-state index contributed by atoms with van der Waals surface area (Å²) >= 11 is 0. The largest absolute Gasteiger partial charge is 0.204 e. The first kappa shape index (κ1) is 20.3. The molecule has 2 heteroatoms. The molecular formula is C27H32F2. The number of allylic oxidation sites excluding steroid dienone is 2. The van der Waals surface area contributed by atoms with Crippen molar-refractivity contribution in [1.82, 2.24) is 0 Å². The summed E-state index contributed by atoms with van der Waals surface area (Å²) in [7, 11) is 0. The van der Waals surface area contributed by atoms with Crippen LogP contribution in [0.2, 0.25) is 0 Å². The van der Waals surface area contributed by atoms with Crippen LogP contribution >= 0.6 is 0 Å². The van der Waals surface area contributed by atoms with Crippen LogP contribution in [0.5, 0.6) is 0 Å². The van der Waals surface area contributed by atoms with Gasteiger partial charge in [-0.1, -0.05) is 42.5 Å². The summed E-state index contributed by atoms with van der Waals surface area (Å²) in [5.74, 6) is 0.643. The average molecular weight is 395 g/mol. The zero-order valence-corrected chi connectivity index (χ0v) is 17.5. The first-order chi connectivity index (χ1) is 14.2. The van der Waals surface area contributed by atoms with Crippen LogP contribution in [0.15, 0.2) is 48.6 Å². The molecule has 1 unspecified atom stereocenters. The van der Waals surface area contributed by atoms with Crippen LogP contribution in [-0.2, 0) is 12.8 Å². The number of benzene rings is 2. The molecule has 0 heterocycles. The van der Waals surface area contributed by atoms with Crippen LogP contribution < -0.4 is 0 Å². The van der Waals surface area contributed by atoms with Crippen LogP contribution in [-0.4, -0.2) is 0 Å². The summed E-state index contributed by atoms with van der Waals surface area (Å²) < 4.78 is 27.5. The SMILES string of the molecule is C/C=C/CCC1CCC(c2ccc(C3CCc4c(ccc(F)c4F)C3)cc2)CC1. The Balaban J connectivity index is 1.36. The Bertz CT molecular complexity index is 842. The molecule has 1 fully saturated rings. The highest BCUT2D eigenvalue weighted by molar-refractivity contribution is 5.36. The molecular weight excluding hydrogens is 362 g/mol. The van der Waals surface area contributed by atoms with E-state index in [9.17, 15) is 8.78 Å². The Hall–Kier alpha value is -1.96. The highest BCUT2D eigenvalue weighted by Crippen LogP contribution is 2.39. The number of halogens is 2. The first-order valence-electron chi connectivity index (χ1n) is 11.3. The molecule has 0 bridgehead atoms.